The molecule has 208 valence electrons. The molecule has 0 radical (unpaired) electrons. The van der Waals surface area contributed by atoms with Gasteiger partial charge in [0.15, 0.2) is 11.6 Å². The fourth-order valence-corrected chi connectivity index (χ4v) is 5.50. The van der Waals surface area contributed by atoms with E-state index in [1.807, 2.05) is 18.2 Å². The molecule has 0 saturated carbocycles. The quantitative estimate of drug-likeness (QED) is 0.190. The van der Waals surface area contributed by atoms with Gasteiger partial charge in [0.05, 0.1) is 6.04 Å². The van der Waals surface area contributed by atoms with Gasteiger partial charge in [0.2, 0.25) is 0 Å². The van der Waals surface area contributed by atoms with Crippen LogP contribution >= 0.6 is 23.4 Å². The number of halogens is 3. The summed E-state index contributed by atoms with van der Waals surface area (Å²) in [5, 5.41) is 47.7. The highest BCUT2D eigenvalue weighted by Gasteiger charge is 2.47. The average molecular weight is 563 g/mol. The lowest BCUT2D eigenvalue weighted by atomic mass is 9.92. The fraction of sp³-hybridized carbons (Fsp3) is 0.615. The number of benzene rings is 1. The van der Waals surface area contributed by atoms with Gasteiger partial charge < -0.3 is 30.5 Å². The standard InChI is InChI=1S/C26H37ClF2N2O5S/c1-14(27)20(24-22(33)21(32)23(34)26(36-24)37-2)31-25(35)19-10-8-15(11-12-30-19)5-3-4-6-16-7-9-17(28)18(29)13-16/h3,5,7-9,13-14,19-26,30-35H,4,6,10-12H2,1-2H3/b5-3+/t14-,19?,20+,21?,22-,23+,24+,25?,26?/m0/s1. The van der Waals surface area contributed by atoms with E-state index < -0.39 is 59.1 Å². The predicted octanol–water partition coefficient (Wildman–Crippen LogP) is 2.21. The number of alkyl halides is 1. The molecule has 2 aliphatic rings. The predicted molar refractivity (Wildman–Crippen MR) is 141 cm³/mol. The Morgan fingerprint density at radius 1 is 1.22 bits per heavy atom. The third kappa shape index (κ3) is 8.20. The molecule has 0 aromatic heterocycles. The van der Waals surface area contributed by atoms with E-state index in [1.165, 1.54) is 17.8 Å². The number of hydrogen-bond acceptors (Lipinski definition) is 8. The largest absolute Gasteiger partial charge is 0.388 e. The molecule has 1 saturated heterocycles. The Morgan fingerprint density at radius 2 is 1.97 bits per heavy atom. The van der Waals surface area contributed by atoms with Crippen molar-refractivity contribution in [1.29, 1.82) is 0 Å². The van der Waals surface area contributed by atoms with Crippen LogP contribution < -0.4 is 10.6 Å². The Hall–Kier alpha value is -1.08. The Labute approximate surface area is 225 Å². The molecule has 2 heterocycles. The van der Waals surface area contributed by atoms with E-state index in [9.17, 15) is 29.2 Å². The molecule has 4 unspecified atom stereocenters. The van der Waals surface area contributed by atoms with E-state index in [0.717, 1.165) is 23.6 Å². The first kappa shape index (κ1) is 30.5. The van der Waals surface area contributed by atoms with Crippen LogP contribution in [0, 0.1) is 11.6 Å². The number of allylic oxidation sites excluding steroid dienone is 2. The van der Waals surface area contributed by atoms with Gasteiger partial charge in [-0.05, 0) is 63.1 Å². The number of aliphatic hydroxyl groups is 4. The summed E-state index contributed by atoms with van der Waals surface area (Å²) in [5.74, 6) is -1.69. The fourth-order valence-electron chi connectivity index (χ4n) is 4.60. The number of hydrogen-bond donors (Lipinski definition) is 6. The summed E-state index contributed by atoms with van der Waals surface area (Å²) in [5.41, 5.74) is 1.09. The molecule has 0 bridgehead atoms. The number of thioether (sulfide) groups is 1. The topological polar surface area (TPSA) is 114 Å². The van der Waals surface area contributed by atoms with Crippen LogP contribution in [-0.4, -0.2) is 86.8 Å². The Morgan fingerprint density at radius 3 is 2.65 bits per heavy atom. The highest BCUT2D eigenvalue weighted by Crippen LogP contribution is 2.30. The van der Waals surface area contributed by atoms with Gasteiger partial charge >= 0.3 is 0 Å². The van der Waals surface area contributed by atoms with E-state index in [0.29, 0.717) is 25.8 Å². The van der Waals surface area contributed by atoms with Crippen LogP contribution in [0.2, 0.25) is 0 Å². The molecule has 6 N–H and O–H groups in total. The van der Waals surface area contributed by atoms with Gasteiger partial charge in [-0.15, -0.1) is 23.4 Å². The maximum absolute atomic E-state index is 13.4. The minimum atomic E-state index is -1.40. The van der Waals surface area contributed by atoms with Crippen LogP contribution in [0.25, 0.3) is 0 Å². The summed E-state index contributed by atoms with van der Waals surface area (Å²) >= 11 is 7.61. The third-order valence-corrected chi connectivity index (χ3v) is 7.93. The average Bonchev–Trinajstić information content (AvgIpc) is 3.12. The van der Waals surface area contributed by atoms with E-state index in [1.54, 1.807) is 19.2 Å². The molecule has 0 aliphatic carbocycles. The minimum Gasteiger partial charge on any atom is -0.388 e. The Balaban J connectivity index is 1.56. The van der Waals surface area contributed by atoms with E-state index in [4.69, 9.17) is 16.3 Å². The van der Waals surface area contributed by atoms with Gasteiger partial charge in [0, 0.05) is 11.4 Å². The molecule has 1 fully saturated rings. The van der Waals surface area contributed by atoms with Crippen LogP contribution in [0.5, 0.6) is 0 Å². The molecular weight excluding hydrogens is 526 g/mol. The Bertz CT molecular complexity index is 938. The molecule has 1 aromatic rings. The highest BCUT2D eigenvalue weighted by molar-refractivity contribution is 7.99. The van der Waals surface area contributed by atoms with Gasteiger partial charge in [-0.1, -0.05) is 29.9 Å². The molecule has 3 rings (SSSR count). The summed E-state index contributed by atoms with van der Waals surface area (Å²) in [6, 6.07) is 2.90. The second-order valence-corrected chi connectivity index (χ2v) is 11.1. The highest BCUT2D eigenvalue weighted by atomic mass is 35.5. The van der Waals surface area contributed by atoms with Gasteiger partial charge in [-0.3, -0.25) is 5.32 Å². The maximum Gasteiger partial charge on any atom is 0.159 e. The summed E-state index contributed by atoms with van der Waals surface area (Å²) in [4.78, 5) is 0. The SMILES string of the molecule is CSC1O[C@H]([C@H](NC(O)C2CC=C(/C=C/CCc3ccc(F)c(F)c3)CCN2)[C@H](C)Cl)[C@@H](O)C(O)[C@H]1O. The zero-order valence-electron chi connectivity index (χ0n) is 20.9. The monoisotopic (exact) mass is 562 g/mol. The molecule has 9 atom stereocenters. The smallest absolute Gasteiger partial charge is 0.159 e. The van der Waals surface area contributed by atoms with Crippen molar-refractivity contribution in [3.05, 3.63) is 59.2 Å². The van der Waals surface area contributed by atoms with Crippen molar-refractivity contribution >= 4 is 23.4 Å². The maximum atomic E-state index is 13.4. The van der Waals surface area contributed by atoms with Crippen LogP contribution in [0.1, 0.15) is 31.7 Å². The lowest BCUT2D eigenvalue weighted by Gasteiger charge is -2.44. The molecular formula is C26H37ClF2N2O5S. The van der Waals surface area contributed by atoms with Crippen LogP contribution in [-0.2, 0) is 11.2 Å². The second-order valence-electron chi connectivity index (χ2n) is 9.51. The summed E-state index contributed by atoms with van der Waals surface area (Å²) in [6.07, 6.45) is 4.36. The first-order chi connectivity index (χ1) is 17.6. The summed E-state index contributed by atoms with van der Waals surface area (Å²) in [6.45, 7) is 2.34. The molecule has 7 nitrogen and oxygen atoms in total. The first-order valence-electron chi connectivity index (χ1n) is 12.5. The van der Waals surface area contributed by atoms with Crippen molar-refractivity contribution in [2.45, 2.75) is 86.1 Å². The number of ether oxygens (including phenoxy) is 1. The van der Waals surface area contributed by atoms with Crippen molar-refractivity contribution in [1.82, 2.24) is 10.6 Å². The lowest BCUT2D eigenvalue weighted by molar-refractivity contribution is -0.207. The first-order valence-corrected chi connectivity index (χ1v) is 14.2. The zero-order valence-corrected chi connectivity index (χ0v) is 22.5. The number of aryl methyl sites for hydroxylation is 1. The number of aliphatic hydroxyl groups excluding tert-OH is 4. The van der Waals surface area contributed by atoms with Gasteiger partial charge in [0.25, 0.3) is 0 Å². The zero-order chi connectivity index (χ0) is 27.1. The molecule has 37 heavy (non-hydrogen) atoms. The van der Waals surface area contributed by atoms with Crippen molar-refractivity contribution in [3.63, 3.8) is 0 Å². The normalized spacial score (nSPS) is 31.5. The van der Waals surface area contributed by atoms with Crippen LogP contribution in [0.4, 0.5) is 8.78 Å². The van der Waals surface area contributed by atoms with E-state index in [2.05, 4.69) is 10.6 Å². The van der Waals surface area contributed by atoms with Crippen molar-refractivity contribution in [2.75, 3.05) is 12.8 Å². The second kappa shape index (κ2) is 14.3. The summed E-state index contributed by atoms with van der Waals surface area (Å²) < 4.78 is 32.3. The molecule has 1 aromatic carbocycles. The van der Waals surface area contributed by atoms with Crippen molar-refractivity contribution < 1.29 is 33.9 Å². The lowest BCUT2D eigenvalue weighted by Crippen LogP contribution is -2.66. The number of rotatable bonds is 10. The van der Waals surface area contributed by atoms with Crippen molar-refractivity contribution in [3.8, 4) is 0 Å². The Kier molecular flexibility index (Phi) is 11.8. The van der Waals surface area contributed by atoms with Crippen LogP contribution in [0.15, 0.2) is 42.0 Å². The molecule has 0 amide bonds. The molecule has 0 spiro atoms. The molecule has 2 aliphatic heterocycles. The van der Waals surface area contributed by atoms with Crippen LogP contribution in [0.3, 0.4) is 0 Å². The van der Waals surface area contributed by atoms with Gasteiger partial charge in [0.1, 0.15) is 36.1 Å². The van der Waals surface area contributed by atoms with E-state index in [-0.39, 0.29) is 6.04 Å². The minimum absolute atomic E-state index is 0.335. The summed E-state index contributed by atoms with van der Waals surface area (Å²) in [7, 11) is 0. The van der Waals surface area contributed by atoms with Crippen molar-refractivity contribution in [2.24, 2.45) is 0 Å². The third-order valence-electron chi connectivity index (χ3n) is 6.80. The van der Waals surface area contributed by atoms with Gasteiger partial charge in [-0.25, -0.2) is 8.78 Å². The van der Waals surface area contributed by atoms with E-state index >= 15 is 0 Å². The number of nitrogens with one attached hydrogen (secondary N) is 2. The molecule has 11 heteroatoms. The van der Waals surface area contributed by atoms with Gasteiger partial charge in [-0.2, -0.15) is 0 Å².